The third-order valence-corrected chi connectivity index (χ3v) is 2.60. The molecule has 6 heteroatoms. The van der Waals surface area contributed by atoms with E-state index in [2.05, 4.69) is 36.8 Å². The van der Waals surface area contributed by atoms with E-state index in [1.54, 1.807) is 0 Å². The van der Waals surface area contributed by atoms with Crippen molar-refractivity contribution < 1.29 is 4.42 Å². The molecule has 2 aromatic rings. The van der Waals surface area contributed by atoms with Gasteiger partial charge in [0.2, 0.25) is 5.89 Å². The smallest absolute Gasteiger partial charge is 0.320 e. The van der Waals surface area contributed by atoms with E-state index >= 15 is 0 Å². The molecule has 0 fully saturated rings. The summed E-state index contributed by atoms with van der Waals surface area (Å²) in [6.45, 7) is 0.560. The SMILES string of the molecule is CNCc1nnc(Nc2ccccc2Br)o1. The third-order valence-electron chi connectivity index (χ3n) is 1.91. The average Bonchev–Trinajstić information content (AvgIpc) is 2.70. The van der Waals surface area contributed by atoms with Crippen LogP contribution in [0.5, 0.6) is 0 Å². The average molecular weight is 283 g/mol. The van der Waals surface area contributed by atoms with Crippen molar-refractivity contribution in [3.8, 4) is 0 Å². The van der Waals surface area contributed by atoms with Crippen LogP contribution in [0.2, 0.25) is 0 Å². The Morgan fingerprint density at radius 3 is 2.88 bits per heavy atom. The van der Waals surface area contributed by atoms with Crippen molar-refractivity contribution in [2.45, 2.75) is 6.54 Å². The van der Waals surface area contributed by atoms with Crippen molar-refractivity contribution in [2.24, 2.45) is 0 Å². The zero-order chi connectivity index (χ0) is 11.4. The predicted molar refractivity (Wildman–Crippen MR) is 64.5 cm³/mol. The zero-order valence-corrected chi connectivity index (χ0v) is 10.3. The van der Waals surface area contributed by atoms with Crippen molar-refractivity contribution in [2.75, 3.05) is 12.4 Å². The Kier molecular flexibility index (Phi) is 3.53. The number of hydrogen-bond acceptors (Lipinski definition) is 5. The molecule has 1 aromatic carbocycles. The molecule has 84 valence electrons. The minimum absolute atomic E-state index is 0.386. The highest BCUT2D eigenvalue weighted by atomic mass is 79.9. The summed E-state index contributed by atoms with van der Waals surface area (Å²) in [5, 5.41) is 13.7. The lowest BCUT2D eigenvalue weighted by Crippen LogP contribution is -2.04. The van der Waals surface area contributed by atoms with Crippen molar-refractivity contribution in [1.82, 2.24) is 15.5 Å². The molecule has 1 heterocycles. The monoisotopic (exact) mass is 282 g/mol. The molecule has 0 spiro atoms. The molecule has 0 saturated heterocycles. The van der Waals surface area contributed by atoms with Crippen LogP contribution in [0.25, 0.3) is 0 Å². The molecule has 16 heavy (non-hydrogen) atoms. The van der Waals surface area contributed by atoms with Crippen LogP contribution in [0.3, 0.4) is 0 Å². The van der Waals surface area contributed by atoms with Crippen LogP contribution in [0, 0.1) is 0 Å². The van der Waals surface area contributed by atoms with Crippen LogP contribution in [-0.4, -0.2) is 17.2 Å². The lowest BCUT2D eigenvalue weighted by Gasteiger charge is -2.02. The minimum atomic E-state index is 0.386. The van der Waals surface area contributed by atoms with E-state index in [1.807, 2.05) is 31.3 Å². The van der Waals surface area contributed by atoms with Gasteiger partial charge in [-0.25, -0.2) is 0 Å². The summed E-state index contributed by atoms with van der Waals surface area (Å²) < 4.78 is 6.31. The normalized spacial score (nSPS) is 10.4. The summed E-state index contributed by atoms with van der Waals surface area (Å²) in [7, 11) is 1.82. The standard InChI is InChI=1S/C10H11BrN4O/c1-12-6-9-14-15-10(16-9)13-8-5-3-2-4-7(8)11/h2-5,12H,6H2,1H3,(H,13,15). The van der Waals surface area contributed by atoms with E-state index in [4.69, 9.17) is 4.42 Å². The predicted octanol–water partition coefficient (Wildman–Crippen LogP) is 2.30. The van der Waals surface area contributed by atoms with Crippen molar-refractivity contribution in [1.29, 1.82) is 0 Å². The van der Waals surface area contributed by atoms with E-state index in [-0.39, 0.29) is 0 Å². The van der Waals surface area contributed by atoms with Gasteiger partial charge < -0.3 is 15.1 Å². The maximum Gasteiger partial charge on any atom is 0.320 e. The van der Waals surface area contributed by atoms with Gasteiger partial charge in [-0.15, -0.1) is 5.10 Å². The van der Waals surface area contributed by atoms with Gasteiger partial charge in [0.15, 0.2) is 0 Å². The largest absolute Gasteiger partial charge is 0.406 e. The fourth-order valence-corrected chi connectivity index (χ4v) is 1.59. The topological polar surface area (TPSA) is 63.0 Å². The van der Waals surface area contributed by atoms with Crippen LogP contribution in [-0.2, 0) is 6.54 Å². The first-order valence-electron chi connectivity index (χ1n) is 4.78. The second-order valence-electron chi connectivity index (χ2n) is 3.14. The summed E-state index contributed by atoms with van der Waals surface area (Å²) in [5.41, 5.74) is 0.891. The summed E-state index contributed by atoms with van der Waals surface area (Å²) in [6.07, 6.45) is 0. The summed E-state index contributed by atoms with van der Waals surface area (Å²) in [5.74, 6) is 0.553. The van der Waals surface area contributed by atoms with Crippen LogP contribution in [0.4, 0.5) is 11.7 Å². The Morgan fingerprint density at radius 2 is 2.12 bits per heavy atom. The lowest BCUT2D eigenvalue weighted by molar-refractivity contribution is 0.493. The third kappa shape index (κ3) is 2.59. The van der Waals surface area contributed by atoms with Crippen LogP contribution < -0.4 is 10.6 Å². The molecule has 0 atom stereocenters. The van der Waals surface area contributed by atoms with Gasteiger partial charge in [-0.3, -0.25) is 0 Å². The van der Waals surface area contributed by atoms with Crippen LogP contribution in [0.15, 0.2) is 33.2 Å². The summed E-state index contributed by atoms with van der Waals surface area (Å²) in [6, 6.07) is 8.12. The van der Waals surface area contributed by atoms with E-state index in [0.717, 1.165) is 10.2 Å². The number of nitrogens with zero attached hydrogens (tertiary/aromatic N) is 2. The van der Waals surface area contributed by atoms with Gasteiger partial charge in [-0.1, -0.05) is 17.2 Å². The molecular weight excluding hydrogens is 272 g/mol. The molecule has 0 amide bonds. The summed E-state index contributed by atoms with van der Waals surface area (Å²) in [4.78, 5) is 0. The first-order valence-corrected chi connectivity index (χ1v) is 5.57. The van der Waals surface area contributed by atoms with Crippen molar-refractivity contribution >= 4 is 27.6 Å². The maximum atomic E-state index is 5.37. The highest BCUT2D eigenvalue weighted by Gasteiger charge is 2.06. The number of halogens is 1. The molecule has 0 saturated carbocycles. The quantitative estimate of drug-likeness (QED) is 0.901. The number of rotatable bonds is 4. The van der Waals surface area contributed by atoms with Gasteiger partial charge >= 0.3 is 6.01 Å². The van der Waals surface area contributed by atoms with Gasteiger partial charge in [0.25, 0.3) is 0 Å². The molecule has 0 aliphatic rings. The molecule has 1 aromatic heterocycles. The Bertz CT molecular complexity index is 471. The van der Waals surface area contributed by atoms with Gasteiger partial charge in [0, 0.05) is 4.47 Å². The minimum Gasteiger partial charge on any atom is -0.406 e. The van der Waals surface area contributed by atoms with Gasteiger partial charge in [-0.2, -0.15) is 0 Å². The maximum absolute atomic E-state index is 5.37. The fraction of sp³-hybridized carbons (Fsp3) is 0.200. The fourth-order valence-electron chi connectivity index (χ4n) is 1.20. The first kappa shape index (κ1) is 11.1. The molecule has 2 N–H and O–H groups in total. The van der Waals surface area contributed by atoms with Gasteiger partial charge in [-0.05, 0) is 35.1 Å². The molecule has 0 bridgehead atoms. The highest BCUT2D eigenvalue weighted by molar-refractivity contribution is 9.10. The van der Waals surface area contributed by atoms with E-state index in [9.17, 15) is 0 Å². The van der Waals surface area contributed by atoms with Gasteiger partial charge in [0.05, 0.1) is 12.2 Å². The molecule has 0 unspecified atom stereocenters. The van der Waals surface area contributed by atoms with Crippen molar-refractivity contribution in [3.63, 3.8) is 0 Å². The van der Waals surface area contributed by atoms with Gasteiger partial charge in [0.1, 0.15) is 0 Å². The van der Waals surface area contributed by atoms with Crippen LogP contribution >= 0.6 is 15.9 Å². The molecule has 0 aliphatic heterocycles. The van der Waals surface area contributed by atoms with Crippen molar-refractivity contribution in [3.05, 3.63) is 34.6 Å². The number of hydrogen-bond donors (Lipinski definition) is 2. The molecule has 2 rings (SSSR count). The van der Waals surface area contributed by atoms with E-state index in [0.29, 0.717) is 18.5 Å². The Morgan fingerprint density at radius 1 is 1.31 bits per heavy atom. The number of benzene rings is 1. The number of nitrogens with one attached hydrogen (secondary N) is 2. The lowest BCUT2D eigenvalue weighted by atomic mass is 10.3. The highest BCUT2D eigenvalue weighted by Crippen LogP contribution is 2.24. The Balaban J connectivity index is 2.11. The second kappa shape index (κ2) is 5.09. The molecule has 5 nitrogen and oxygen atoms in total. The number of aromatic nitrogens is 2. The molecular formula is C10H11BrN4O. The van der Waals surface area contributed by atoms with Crippen LogP contribution in [0.1, 0.15) is 5.89 Å². The second-order valence-corrected chi connectivity index (χ2v) is 3.99. The molecule has 0 radical (unpaired) electrons. The Hall–Kier alpha value is -1.40. The van der Waals surface area contributed by atoms with E-state index < -0.39 is 0 Å². The number of anilines is 2. The summed E-state index contributed by atoms with van der Waals surface area (Å²) >= 11 is 3.43. The van der Waals surface area contributed by atoms with E-state index in [1.165, 1.54) is 0 Å². The first-order chi connectivity index (χ1) is 7.79. The number of para-hydroxylation sites is 1. The molecule has 0 aliphatic carbocycles. The Labute approximate surface area is 101 Å². The zero-order valence-electron chi connectivity index (χ0n) is 8.70.